The highest BCUT2D eigenvalue weighted by atomic mass is 32.2. The van der Waals surface area contributed by atoms with Crippen molar-refractivity contribution >= 4 is 17.7 Å². The molecule has 0 saturated heterocycles. The standard InChI is InChI=1S/C23H22O2S/c1-19(24)25-17-18-26-23(20-11-5-2-6-12-20,21-13-7-3-8-14-21)22-15-9-4-10-16-22/h2-16H,17-18H2,1H3. The number of hydrogen-bond acceptors (Lipinski definition) is 3. The number of hydrogen-bond donors (Lipinski definition) is 0. The molecule has 0 saturated carbocycles. The number of benzene rings is 3. The predicted molar refractivity (Wildman–Crippen MR) is 108 cm³/mol. The third-order valence-corrected chi connectivity index (χ3v) is 5.76. The molecular weight excluding hydrogens is 340 g/mol. The number of ether oxygens (including phenoxy) is 1. The van der Waals surface area contributed by atoms with Gasteiger partial charge in [-0.1, -0.05) is 91.0 Å². The van der Waals surface area contributed by atoms with Crippen molar-refractivity contribution in [3.63, 3.8) is 0 Å². The van der Waals surface area contributed by atoms with Crippen molar-refractivity contribution in [1.29, 1.82) is 0 Å². The van der Waals surface area contributed by atoms with Gasteiger partial charge in [0.15, 0.2) is 0 Å². The number of carbonyl (C=O) groups is 1. The van der Waals surface area contributed by atoms with Crippen molar-refractivity contribution < 1.29 is 9.53 Å². The van der Waals surface area contributed by atoms with Gasteiger partial charge < -0.3 is 4.74 Å². The molecule has 0 aliphatic rings. The van der Waals surface area contributed by atoms with Gasteiger partial charge in [-0.3, -0.25) is 4.79 Å². The van der Waals surface area contributed by atoms with E-state index in [1.807, 2.05) is 18.2 Å². The topological polar surface area (TPSA) is 26.3 Å². The number of thioether (sulfide) groups is 1. The average Bonchev–Trinajstić information content (AvgIpc) is 2.70. The second-order valence-electron chi connectivity index (χ2n) is 5.97. The second-order valence-corrected chi connectivity index (χ2v) is 7.28. The first-order valence-corrected chi connectivity index (χ1v) is 9.66. The molecule has 0 radical (unpaired) electrons. The van der Waals surface area contributed by atoms with E-state index in [2.05, 4.69) is 72.8 Å². The molecule has 132 valence electrons. The maximum atomic E-state index is 11.1. The summed E-state index contributed by atoms with van der Waals surface area (Å²) in [7, 11) is 0. The van der Waals surface area contributed by atoms with Crippen LogP contribution in [0.1, 0.15) is 23.6 Å². The lowest BCUT2D eigenvalue weighted by atomic mass is 9.84. The van der Waals surface area contributed by atoms with Crippen LogP contribution in [-0.2, 0) is 14.3 Å². The van der Waals surface area contributed by atoms with Gasteiger partial charge in [0.25, 0.3) is 0 Å². The van der Waals surface area contributed by atoms with Gasteiger partial charge in [0.2, 0.25) is 0 Å². The van der Waals surface area contributed by atoms with E-state index in [9.17, 15) is 4.79 Å². The maximum absolute atomic E-state index is 11.1. The fraction of sp³-hybridized carbons (Fsp3) is 0.174. The van der Waals surface area contributed by atoms with Crippen LogP contribution in [0, 0.1) is 0 Å². The van der Waals surface area contributed by atoms with Crippen LogP contribution in [0.3, 0.4) is 0 Å². The molecule has 0 N–H and O–H groups in total. The van der Waals surface area contributed by atoms with Crippen molar-refractivity contribution in [3.8, 4) is 0 Å². The van der Waals surface area contributed by atoms with Gasteiger partial charge in [-0.25, -0.2) is 0 Å². The monoisotopic (exact) mass is 362 g/mol. The van der Waals surface area contributed by atoms with E-state index in [4.69, 9.17) is 4.74 Å². The summed E-state index contributed by atoms with van der Waals surface area (Å²) >= 11 is 1.79. The average molecular weight is 362 g/mol. The van der Waals surface area contributed by atoms with Crippen molar-refractivity contribution in [2.75, 3.05) is 12.4 Å². The van der Waals surface area contributed by atoms with Crippen molar-refractivity contribution in [2.45, 2.75) is 11.7 Å². The molecule has 0 atom stereocenters. The van der Waals surface area contributed by atoms with Gasteiger partial charge in [0.05, 0.1) is 4.75 Å². The first-order chi connectivity index (χ1) is 12.7. The Hall–Kier alpha value is -2.52. The summed E-state index contributed by atoms with van der Waals surface area (Å²) in [5.74, 6) is 0.466. The quantitative estimate of drug-likeness (QED) is 0.325. The van der Waals surface area contributed by atoms with E-state index >= 15 is 0 Å². The SMILES string of the molecule is CC(=O)OCCSC(c1ccccc1)(c1ccccc1)c1ccccc1. The maximum Gasteiger partial charge on any atom is 0.302 e. The Bertz CT molecular complexity index is 720. The molecule has 0 aromatic heterocycles. The summed E-state index contributed by atoms with van der Waals surface area (Å²) in [5.41, 5.74) is 3.64. The Balaban J connectivity index is 2.10. The Morgan fingerprint density at radius 3 is 1.50 bits per heavy atom. The summed E-state index contributed by atoms with van der Waals surface area (Å²) in [4.78, 5) is 11.1. The third kappa shape index (κ3) is 4.00. The normalized spacial score (nSPS) is 11.1. The first kappa shape index (κ1) is 18.3. The largest absolute Gasteiger partial charge is 0.465 e. The van der Waals surface area contributed by atoms with Crippen LogP contribution in [-0.4, -0.2) is 18.3 Å². The highest BCUT2D eigenvalue weighted by Crippen LogP contribution is 2.48. The van der Waals surface area contributed by atoms with E-state index in [0.29, 0.717) is 12.4 Å². The Morgan fingerprint density at radius 1 is 0.769 bits per heavy atom. The van der Waals surface area contributed by atoms with Crippen molar-refractivity contribution in [1.82, 2.24) is 0 Å². The van der Waals surface area contributed by atoms with Crippen molar-refractivity contribution in [3.05, 3.63) is 108 Å². The van der Waals surface area contributed by atoms with Crippen LogP contribution in [0.25, 0.3) is 0 Å². The van der Waals surface area contributed by atoms with Gasteiger partial charge in [-0.2, -0.15) is 0 Å². The summed E-state index contributed by atoms with van der Waals surface area (Å²) in [6, 6.07) is 31.5. The molecule has 3 aromatic rings. The molecule has 3 rings (SSSR count). The number of carbonyl (C=O) groups excluding carboxylic acids is 1. The van der Waals surface area contributed by atoms with Crippen LogP contribution in [0.15, 0.2) is 91.0 Å². The van der Waals surface area contributed by atoms with E-state index in [1.54, 1.807) is 11.8 Å². The van der Waals surface area contributed by atoms with E-state index in [0.717, 1.165) is 0 Å². The van der Waals surface area contributed by atoms with E-state index in [-0.39, 0.29) is 10.7 Å². The lowest BCUT2D eigenvalue weighted by Gasteiger charge is -2.35. The van der Waals surface area contributed by atoms with Gasteiger partial charge in [-0.15, -0.1) is 11.8 Å². The molecular formula is C23H22O2S. The molecule has 0 unspecified atom stereocenters. The molecule has 0 amide bonds. The number of esters is 1. The third-order valence-electron chi connectivity index (χ3n) is 4.25. The zero-order valence-corrected chi connectivity index (χ0v) is 15.6. The van der Waals surface area contributed by atoms with Crippen LogP contribution >= 0.6 is 11.8 Å². The van der Waals surface area contributed by atoms with Gasteiger partial charge in [-0.05, 0) is 16.7 Å². The summed E-state index contributed by atoms with van der Waals surface area (Å²) in [6.45, 7) is 1.84. The van der Waals surface area contributed by atoms with Crippen LogP contribution in [0.4, 0.5) is 0 Å². The van der Waals surface area contributed by atoms with Crippen LogP contribution < -0.4 is 0 Å². The molecule has 0 aliphatic heterocycles. The lowest BCUT2D eigenvalue weighted by molar-refractivity contribution is -0.140. The van der Waals surface area contributed by atoms with Gasteiger partial charge in [0.1, 0.15) is 6.61 Å². The molecule has 0 aliphatic carbocycles. The van der Waals surface area contributed by atoms with Gasteiger partial charge >= 0.3 is 5.97 Å². The van der Waals surface area contributed by atoms with Crippen LogP contribution in [0.5, 0.6) is 0 Å². The summed E-state index contributed by atoms with van der Waals surface area (Å²) in [5, 5.41) is 0. The Kier molecular flexibility index (Phi) is 6.13. The second kappa shape index (κ2) is 8.72. The predicted octanol–water partition coefficient (Wildman–Crippen LogP) is 5.27. The zero-order valence-electron chi connectivity index (χ0n) is 14.8. The summed E-state index contributed by atoms with van der Waals surface area (Å²) in [6.07, 6.45) is 0. The summed E-state index contributed by atoms with van der Waals surface area (Å²) < 4.78 is 4.83. The Labute approximate surface area is 159 Å². The van der Waals surface area contributed by atoms with Crippen molar-refractivity contribution in [2.24, 2.45) is 0 Å². The first-order valence-electron chi connectivity index (χ1n) is 8.67. The Morgan fingerprint density at radius 2 is 1.15 bits per heavy atom. The lowest BCUT2D eigenvalue weighted by Crippen LogP contribution is -2.26. The minimum atomic E-state index is -0.357. The van der Waals surface area contributed by atoms with Crippen LogP contribution in [0.2, 0.25) is 0 Å². The fourth-order valence-electron chi connectivity index (χ4n) is 3.15. The molecule has 0 spiro atoms. The molecule has 26 heavy (non-hydrogen) atoms. The fourth-order valence-corrected chi connectivity index (χ4v) is 4.53. The highest BCUT2D eigenvalue weighted by Gasteiger charge is 2.36. The zero-order chi connectivity index (χ0) is 18.2. The van der Waals surface area contributed by atoms with E-state index in [1.165, 1.54) is 23.6 Å². The molecule has 0 bridgehead atoms. The highest BCUT2D eigenvalue weighted by molar-refractivity contribution is 8.00. The van der Waals surface area contributed by atoms with E-state index < -0.39 is 0 Å². The molecule has 2 nitrogen and oxygen atoms in total. The minimum Gasteiger partial charge on any atom is -0.465 e. The molecule has 3 heteroatoms. The minimum absolute atomic E-state index is 0.240. The molecule has 0 fully saturated rings. The van der Waals surface area contributed by atoms with Gasteiger partial charge in [0, 0.05) is 12.7 Å². The number of rotatable bonds is 7. The molecule has 3 aromatic carbocycles. The molecule has 0 heterocycles. The smallest absolute Gasteiger partial charge is 0.302 e.